The molecule has 0 radical (unpaired) electrons. The van der Waals surface area contributed by atoms with Crippen LogP contribution in [0.25, 0.3) is 10.2 Å². The van der Waals surface area contributed by atoms with Crippen molar-refractivity contribution in [2.45, 2.75) is 46.5 Å². The van der Waals surface area contributed by atoms with Crippen molar-refractivity contribution in [3.05, 3.63) is 46.9 Å². The smallest absolute Gasteiger partial charge is 0.158 e. The highest BCUT2D eigenvalue weighted by Gasteiger charge is 2.33. The first kappa shape index (κ1) is 18.0. The lowest BCUT2D eigenvalue weighted by molar-refractivity contribution is 0.184. The maximum absolute atomic E-state index is 4.52. The summed E-state index contributed by atoms with van der Waals surface area (Å²) in [6.45, 7) is 7.08. The molecule has 27 heavy (non-hydrogen) atoms. The van der Waals surface area contributed by atoms with E-state index in [4.69, 9.17) is 0 Å². The largest absolute Gasteiger partial charge is 0.261 e. The number of thiophene rings is 1. The first-order valence-electron chi connectivity index (χ1n) is 9.54. The van der Waals surface area contributed by atoms with Crippen LogP contribution in [0, 0.1) is 11.3 Å². The standard InChI is InChI=1S/C21H25N5S/c1-4-21(2,3)14-8-9-17-16(11-14)18-19(23-13-24-20(18)27-17)26-25-12-15-7-5-6-10-22-15/h5-7,10,12-14H,4,8-9,11H2,1-3H3,(H,23,24,26). The topological polar surface area (TPSA) is 63.1 Å². The number of pyridine rings is 1. The minimum Gasteiger partial charge on any atom is -0.261 e. The minimum atomic E-state index is 0.353. The molecule has 0 bridgehead atoms. The monoisotopic (exact) mass is 379 g/mol. The number of hydrogen-bond donors (Lipinski definition) is 1. The van der Waals surface area contributed by atoms with Crippen molar-refractivity contribution in [3.63, 3.8) is 0 Å². The fraction of sp³-hybridized carbons (Fsp3) is 0.429. The van der Waals surface area contributed by atoms with Crippen molar-refractivity contribution in [2.24, 2.45) is 16.4 Å². The van der Waals surface area contributed by atoms with Gasteiger partial charge in [-0.3, -0.25) is 10.4 Å². The number of aromatic nitrogens is 3. The van der Waals surface area contributed by atoms with Gasteiger partial charge in [0.25, 0.3) is 0 Å². The van der Waals surface area contributed by atoms with Crippen molar-refractivity contribution in [2.75, 3.05) is 5.43 Å². The molecule has 1 aliphatic rings. The predicted molar refractivity (Wildman–Crippen MR) is 112 cm³/mol. The van der Waals surface area contributed by atoms with Crippen molar-refractivity contribution in [1.82, 2.24) is 15.0 Å². The van der Waals surface area contributed by atoms with Crippen LogP contribution in [0.3, 0.4) is 0 Å². The van der Waals surface area contributed by atoms with Gasteiger partial charge in [0, 0.05) is 11.1 Å². The molecule has 4 rings (SSSR count). The summed E-state index contributed by atoms with van der Waals surface area (Å²) in [6, 6.07) is 5.76. The SMILES string of the molecule is CCC(C)(C)C1CCc2sc3ncnc(NN=Cc4ccccn4)c3c2C1. The maximum Gasteiger partial charge on any atom is 0.158 e. The Labute approximate surface area is 164 Å². The average Bonchev–Trinajstić information content (AvgIpc) is 3.07. The van der Waals surface area contributed by atoms with Crippen molar-refractivity contribution < 1.29 is 0 Å². The Morgan fingerprint density at radius 1 is 1.30 bits per heavy atom. The molecule has 140 valence electrons. The maximum atomic E-state index is 4.52. The van der Waals surface area contributed by atoms with E-state index in [0.717, 1.165) is 34.6 Å². The summed E-state index contributed by atoms with van der Waals surface area (Å²) in [6.07, 6.45) is 9.80. The molecule has 3 heterocycles. The third kappa shape index (κ3) is 3.58. The molecule has 0 saturated heterocycles. The van der Waals surface area contributed by atoms with Gasteiger partial charge in [-0.15, -0.1) is 11.3 Å². The normalized spacial score (nSPS) is 17.4. The van der Waals surface area contributed by atoms with E-state index in [9.17, 15) is 0 Å². The third-order valence-electron chi connectivity index (χ3n) is 5.91. The highest BCUT2D eigenvalue weighted by atomic mass is 32.1. The Kier molecular flexibility index (Phi) is 4.91. The van der Waals surface area contributed by atoms with Crippen LogP contribution in [0.1, 0.15) is 49.7 Å². The number of aryl methyl sites for hydroxylation is 1. The Hall–Kier alpha value is -2.34. The van der Waals surface area contributed by atoms with Gasteiger partial charge < -0.3 is 0 Å². The van der Waals surface area contributed by atoms with Gasteiger partial charge in [-0.05, 0) is 48.3 Å². The molecule has 0 spiro atoms. The molecule has 0 fully saturated rings. The third-order valence-corrected chi connectivity index (χ3v) is 7.11. The average molecular weight is 380 g/mol. The van der Waals surface area contributed by atoms with Gasteiger partial charge in [-0.25, -0.2) is 9.97 Å². The fourth-order valence-corrected chi connectivity index (χ4v) is 4.94. The van der Waals surface area contributed by atoms with Crippen LogP contribution >= 0.6 is 11.3 Å². The number of rotatable bonds is 5. The van der Waals surface area contributed by atoms with Crippen molar-refractivity contribution >= 4 is 33.6 Å². The van der Waals surface area contributed by atoms with Crippen LogP contribution in [0.5, 0.6) is 0 Å². The fourth-order valence-electron chi connectivity index (χ4n) is 3.76. The van der Waals surface area contributed by atoms with Crippen molar-refractivity contribution in [1.29, 1.82) is 0 Å². The van der Waals surface area contributed by atoms with E-state index in [-0.39, 0.29) is 0 Å². The van der Waals surface area contributed by atoms with Gasteiger partial charge in [0.2, 0.25) is 0 Å². The Morgan fingerprint density at radius 3 is 2.96 bits per heavy atom. The summed E-state index contributed by atoms with van der Waals surface area (Å²) in [5, 5.41) is 5.50. The van der Waals surface area contributed by atoms with Gasteiger partial charge >= 0.3 is 0 Å². The van der Waals surface area contributed by atoms with Crippen LogP contribution < -0.4 is 5.43 Å². The molecular weight excluding hydrogens is 354 g/mol. The molecule has 6 heteroatoms. The Bertz CT molecular complexity index is 961. The summed E-state index contributed by atoms with van der Waals surface area (Å²) < 4.78 is 0. The van der Waals surface area contributed by atoms with Crippen molar-refractivity contribution in [3.8, 4) is 0 Å². The number of hydrazone groups is 1. The van der Waals surface area contributed by atoms with Crippen LogP contribution in [0.2, 0.25) is 0 Å². The zero-order valence-electron chi connectivity index (χ0n) is 16.1. The lowest BCUT2D eigenvalue weighted by atomic mass is 9.69. The van der Waals surface area contributed by atoms with E-state index in [1.807, 2.05) is 29.5 Å². The molecule has 1 N–H and O–H groups in total. The van der Waals surface area contributed by atoms with Gasteiger partial charge in [0.05, 0.1) is 17.3 Å². The van der Waals surface area contributed by atoms with Gasteiger partial charge in [0.15, 0.2) is 5.82 Å². The quantitative estimate of drug-likeness (QED) is 0.496. The zero-order valence-corrected chi connectivity index (χ0v) is 16.9. The first-order valence-corrected chi connectivity index (χ1v) is 10.4. The molecule has 1 atom stereocenters. The summed E-state index contributed by atoms with van der Waals surface area (Å²) in [7, 11) is 0. The summed E-state index contributed by atoms with van der Waals surface area (Å²) in [5.74, 6) is 1.48. The second-order valence-corrected chi connectivity index (χ2v) is 8.90. The predicted octanol–water partition coefficient (Wildman–Crippen LogP) is 5.07. The van der Waals surface area contributed by atoms with Gasteiger partial charge in [-0.2, -0.15) is 5.10 Å². The highest BCUT2D eigenvalue weighted by molar-refractivity contribution is 7.19. The molecule has 0 amide bonds. The van der Waals surface area contributed by atoms with Gasteiger partial charge in [0.1, 0.15) is 11.2 Å². The lowest BCUT2D eigenvalue weighted by Crippen LogP contribution is -2.28. The molecule has 3 aromatic heterocycles. The second kappa shape index (κ2) is 7.35. The van der Waals surface area contributed by atoms with Gasteiger partial charge in [-0.1, -0.05) is 33.3 Å². The summed E-state index contributed by atoms with van der Waals surface area (Å²) in [5.41, 5.74) is 5.71. The molecule has 0 aliphatic heterocycles. The molecule has 1 aliphatic carbocycles. The van der Waals surface area contributed by atoms with E-state index in [1.54, 1.807) is 18.7 Å². The van der Waals surface area contributed by atoms with E-state index < -0.39 is 0 Å². The number of hydrogen-bond acceptors (Lipinski definition) is 6. The highest BCUT2D eigenvalue weighted by Crippen LogP contribution is 2.45. The molecule has 0 saturated carbocycles. The second-order valence-electron chi connectivity index (χ2n) is 7.81. The molecule has 5 nitrogen and oxygen atoms in total. The number of anilines is 1. The lowest BCUT2D eigenvalue weighted by Gasteiger charge is -2.36. The minimum absolute atomic E-state index is 0.353. The van der Waals surface area contributed by atoms with E-state index >= 15 is 0 Å². The zero-order chi connectivity index (χ0) is 18.9. The van der Waals surface area contributed by atoms with Crippen LogP contribution in [0.4, 0.5) is 5.82 Å². The number of nitrogens with one attached hydrogen (secondary N) is 1. The number of fused-ring (bicyclic) bond motifs is 3. The Balaban J connectivity index is 1.65. The molecular formula is C21H25N5S. The van der Waals surface area contributed by atoms with E-state index in [2.05, 4.69) is 46.3 Å². The van der Waals surface area contributed by atoms with Crippen LogP contribution in [0.15, 0.2) is 35.8 Å². The summed E-state index contributed by atoms with van der Waals surface area (Å²) in [4.78, 5) is 15.8. The first-order chi connectivity index (χ1) is 13.1. The van der Waals surface area contributed by atoms with E-state index in [1.165, 1.54) is 23.3 Å². The van der Waals surface area contributed by atoms with E-state index in [0.29, 0.717) is 11.3 Å². The Morgan fingerprint density at radius 2 is 2.19 bits per heavy atom. The molecule has 1 unspecified atom stereocenters. The molecule has 0 aromatic carbocycles. The summed E-state index contributed by atoms with van der Waals surface area (Å²) >= 11 is 1.81. The van der Waals surface area contributed by atoms with Crippen LogP contribution in [-0.2, 0) is 12.8 Å². The van der Waals surface area contributed by atoms with Crippen LogP contribution in [-0.4, -0.2) is 21.2 Å². The molecule has 3 aromatic rings. The number of nitrogens with zero attached hydrogens (tertiary/aromatic N) is 4.